The number of benzene rings is 1. The van der Waals surface area contributed by atoms with Gasteiger partial charge in [0, 0.05) is 30.4 Å². The van der Waals surface area contributed by atoms with Crippen LogP contribution < -0.4 is 10.6 Å². The maximum absolute atomic E-state index is 12.6. The summed E-state index contributed by atoms with van der Waals surface area (Å²) in [6, 6.07) is 12.5. The van der Waals surface area contributed by atoms with Crippen molar-refractivity contribution in [1.82, 2.24) is 10.6 Å². The molecular weight excluding hydrogens is 493 g/mol. The van der Waals surface area contributed by atoms with Crippen LogP contribution in [-0.4, -0.2) is 39.3 Å². The monoisotopic (exact) mass is 521 g/mol. The van der Waals surface area contributed by atoms with Gasteiger partial charge in [0.1, 0.15) is 0 Å². The summed E-state index contributed by atoms with van der Waals surface area (Å²) in [5, 5.41) is 8.53. The lowest BCUT2D eigenvalue weighted by atomic mass is 10.2. The van der Waals surface area contributed by atoms with Crippen molar-refractivity contribution >= 4 is 51.1 Å². The first-order valence-corrected chi connectivity index (χ1v) is 11.4. The van der Waals surface area contributed by atoms with Crippen LogP contribution in [0.1, 0.15) is 25.1 Å². The zero-order valence-corrected chi connectivity index (χ0v) is 19.7. The van der Waals surface area contributed by atoms with Gasteiger partial charge in [0.2, 0.25) is 0 Å². The van der Waals surface area contributed by atoms with Crippen LogP contribution in [0.15, 0.2) is 57.7 Å². The molecule has 150 valence electrons. The molecule has 0 radical (unpaired) electrons. The Balaban J connectivity index is 0.00000364. The van der Waals surface area contributed by atoms with Gasteiger partial charge in [-0.2, -0.15) is 0 Å². The molecule has 0 fully saturated rings. The second kappa shape index (κ2) is 12.4. The van der Waals surface area contributed by atoms with Crippen LogP contribution in [-0.2, 0) is 16.3 Å². The lowest BCUT2D eigenvalue weighted by molar-refractivity contribution is 0.569. The smallest absolute Gasteiger partial charge is 0.191 e. The number of aliphatic imine (C=N–C) groups is 1. The molecule has 0 saturated heterocycles. The highest BCUT2D eigenvalue weighted by Crippen LogP contribution is 2.12. The van der Waals surface area contributed by atoms with E-state index in [9.17, 15) is 8.42 Å². The summed E-state index contributed by atoms with van der Waals surface area (Å²) in [5.74, 6) is 0.710. The summed E-state index contributed by atoms with van der Waals surface area (Å²) < 4.78 is 25.2. The molecular formula is C19H28IN3O2S2. The fourth-order valence-electron chi connectivity index (χ4n) is 2.50. The van der Waals surface area contributed by atoms with E-state index in [4.69, 9.17) is 0 Å². The SMILES string of the molecule is CCNC(=NCCc1cccs1)NC(CC)CS(=O)(=O)c1ccccc1.I. The molecule has 2 N–H and O–H groups in total. The first-order chi connectivity index (χ1) is 12.5. The number of guanidine groups is 1. The second-order valence-corrected chi connectivity index (χ2v) is 9.00. The number of hydrogen-bond donors (Lipinski definition) is 2. The number of sulfone groups is 1. The van der Waals surface area contributed by atoms with Crippen molar-refractivity contribution in [3.63, 3.8) is 0 Å². The number of halogens is 1. The summed E-state index contributed by atoms with van der Waals surface area (Å²) in [5.41, 5.74) is 0. The molecule has 0 bridgehead atoms. The van der Waals surface area contributed by atoms with Crippen LogP contribution in [0.4, 0.5) is 0 Å². The third kappa shape index (κ3) is 8.18. The lowest BCUT2D eigenvalue weighted by Gasteiger charge is -2.20. The molecule has 1 unspecified atom stereocenters. The molecule has 1 atom stereocenters. The van der Waals surface area contributed by atoms with Gasteiger partial charge in [-0.3, -0.25) is 4.99 Å². The number of nitrogens with one attached hydrogen (secondary N) is 2. The summed E-state index contributed by atoms with van der Waals surface area (Å²) in [7, 11) is -3.33. The Morgan fingerprint density at radius 2 is 1.89 bits per heavy atom. The standard InChI is InChI=1S/C19H27N3O2S2.HI/c1-3-16(15-26(23,24)18-10-6-5-7-11-18)22-19(20-4-2)21-13-12-17-9-8-14-25-17;/h5-11,14,16H,3-4,12-13,15H2,1-2H3,(H2,20,21,22);1H. The van der Waals surface area contributed by atoms with E-state index in [0.29, 0.717) is 23.8 Å². The molecule has 0 aliphatic heterocycles. The number of thiophene rings is 1. The molecule has 0 aliphatic carbocycles. The van der Waals surface area contributed by atoms with Gasteiger partial charge in [-0.25, -0.2) is 8.42 Å². The normalized spacial score (nSPS) is 12.9. The average Bonchev–Trinajstić information content (AvgIpc) is 3.15. The average molecular weight is 521 g/mol. The molecule has 1 aromatic heterocycles. The van der Waals surface area contributed by atoms with Gasteiger partial charge in [-0.1, -0.05) is 31.2 Å². The van der Waals surface area contributed by atoms with Crippen molar-refractivity contribution in [2.24, 2.45) is 4.99 Å². The van der Waals surface area contributed by atoms with Crippen molar-refractivity contribution in [2.75, 3.05) is 18.8 Å². The van der Waals surface area contributed by atoms with E-state index in [1.54, 1.807) is 35.6 Å². The van der Waals surface area contributed by atoms with Crippen LogP contribution in [0.5, 0.6) is 0 Å². The van der Waals surface area contributed by atoms with E-state index in [-0.39, 0.29) is 35.8 Å². The van der Waals surface area contributed by atoms with Gasteiger partial charge in [0.05, 0.1) is 10.6 Å². The van der Waals surface area contributed by atoms with Crippen LogP contribution in [0.3, 0.4) is 0 Å². The molecule has 1 aromatic carbocycles. The topological polar surface area (TPSA) is 70.6 Å². The highest BCUT2D eigenvalue weighted by Gasteiger charge is 2.20. The first-order valence-electron chi connectivity index (χ1n) is 8.90. The molecule has 0 saturated carbocycles. The highest BCUT2D eigenvalue weighted by atomic mass is 127. The van der Waals surface area contributed by atoms with E-state index in [1.165, 1.54) is 4.88 Å². The second-order valence-electron chi connectivity index (χ2n) is 5.93. The predicted octanol–water partition coefficient (Wildman–Crippen LogP) is 3.72. The van der Waals surface area contributed by atoms with E-state index >= 15 is 0 Å². The van der Waals surface area contributed by atoms with E-state index in [0.717, 1.165) is 13.0 Å². The van der Waals surface area contributed by atoms with Gasteiger partial charge in [0.25, 0.3) is 0 Å². The fourth-order valence-corrected chi connectivity index (χ4v) is 4.81. The number of hydrogen-bond acceptors (Lipinski definition) is 4. The minimum Gasteiger partial charge on any atom is -0.357 e. The highest BCUT2D eigenvalue weighted by molar-refractivity contribution is 14.0. The van der Waals surface area contributed by atoms with Crippen LogP contribution in [0.2, 0.25) is 0 Å². The largest absolute Gasteiger partial charge is 0.357 e. The Hall–Kier alpha value is -1.13. The molecule has 8 heteroatoms. The zero-order chi connectivity index (χ0) is 18.8. The molecule has 2 aromatic rings. The Kier molecular flexibility index (Phi) is 10.9. The van der Waals surface area contributed by atoms with Gasteiger partial charge >= 0.3 is 0 Å². The van der Waals surface area contributed by atoms with Crippen LogP contribution in [0.25, 0.3) is 0 Å². The van der Waals surface area contributed by atoms with Crippen molar-refractivity contribution < 1.29 is 8.42 Å². The van der Waals surface area contributed by atoms with Crippen LogP contribution >= 0.6 is 35.3 Å². The Labute approximate surface area is 183 Å². The van der Waals surface area contributed by atoms with E-state index in [2.05, 4.69) is 27.1 Å². The molecule has 1 heterocycles. The molecule has 27 heavy (non-hydrogen) atoms. The zero-order valence-electron chi connectivity index (χ0n) is 15.7. The van der Waals surface area contributed by atoms with E-state index < -0.39 is 9.84 Å². The fraction of sp³-hybridized carbons (Fsp3) is 0.421. The van der Waals surface area contributed by atoms with Crippen molar-refractivity contribution in [3.05, 3.63) is 52.7 Å². The maximum Gasteiger partial charge on any atom is 0.191 e. The third-order valence-corrected chi connectivity index (χ3v) is 6.68. The van der Waals surface area contributed by atoms with Gasteiger partial charge in [-0.05, 0) is 36.9 Å². The Bertz CT molecular complexity index is 779. The van der Waals surface area contributed by atoms with Crippen LogP contribution in [0, 0.1) is 0 Å². The minimum absolute atomic E-state index is 0. The summed E-state index contributed by atoms with van der Waals surface area (Å²) in [4.78, 5) is 6.24. The van der Waals surface area contributed by atoms with Crippen molar-refractivity contribution in [1.29, 1.82) is 0 Å². The third-order valence-electron chi connectivity index (χ3n) is 3.91. The molecule has 0 amide bonds. The predicted molar refractivity (Wildman–Crippen MR) is 125 cm³/mol. The van der Waals surface area contributed by atoms with Gasteiger partial charge < -0.3 is 10.6 Å². The Morgan fingerprint density at radius 1 is 1.15 bits per heavy atom. The first kappa shape index (κ1) is 23.9. The van der Waals surface area contributed by atoms with E-state index in [1.807, 2.05) is 26.0 Å². The molecule has 0 spiro atoms. The quantitative estimate of drug-likeness (QED) is 0.300. The molecule has 0 aliphatic rings. The minimum atomic E-state index is -3.33. The number of nitrogens with zero attached hydrogens (tertiary/aromatic N) is 1. The van der Waals surface area contributed by atoms with Crippen molar-refractivity contribution in [3.8, 4) is 0 Å². The summed E-state index contributed by atoms with van der Waals surface area (Å²) >= 11 is 1.72. The lowest BCUT2D eigenvalue weighted by Crippen LogP contribution is -2.46. The van der Waals surface area contributed by atoms with Crippen molar-refractivity contribution in [2.45, 2.75) is 37.6 Å². The summed E-state index contributed by atoms with van der Waals surface area (Å²) in [6.45, 7) is 5.37. The summed E-state index contributed by atoms with van der Waals surface area (Å²) in [6.07, 6.45) is 1.58. The molecule has 5 nitrogen and oxygen atoms in total. The number of rotatable bonds is 9. The maximum atomic E-state index is 12.6. The van der Waals surface area contributed by atoms with Gasteiger partial charge in [0.15, 0.2) is 15.8 Å². The van der Waals surface area contributed by atoms with Gasteiger partial charge in [-0.15, -0.1) is 35.3 Å². The Morgan fingerprint density at radius 3 is 2.48 bits per heavy atom. The molecule has 2 rings (SSSR count).